The molecule has 3 amide bonds. The summed E-state index contributed by atoms with van der Waals surface area (Å²) in [5, 5.41) is 0.505. The van der Waals surface area contributed by atoms with Crippen LogP contribution in [0.2, 0.25) is 0 Å². The molecular formula is C20H27FN4O6S. The first-order valence-electron chi connectivity index (χ1n) is 10.4. The molecule has 0 unspecified atom stereocenters. The fourth-order valence-electron chi connectivity index (χ4n) is 3.54. The molecule has 0 radical (unpaired) electrons. The van der Waals surface area contributed by atoms with Crippen LogP contribution in [0, 0.1) is 5.82 Å². The molecule has 176 valence electrons. The Morgan fingerprint density at radius 1 is 1.25 bits per heavy atom. The molecule has 10 nitrogen and oxygen atoms in total. The van der Waals surface area contributed by atoms with E-state index in [1.807, 2.05) is 4.90 Å². The van der Waals surface area contributed by atoms with E-state index >= 15 is 0 Å². The fourth-order valence-corrected chi connectivity index (χ4v) is 3.74. The zero-order chi connectivity index (χ0) is 23.3. The first-order chi connectivity index (χ1) is 15.3. The van der Waals surface area contributed by atoms with Gasteiger partial charge in [0.25, 0.3) is 0 Å². The maximum absolute atomic E-state index is 14.9. The molecule has 0 N–H and O–H groups in total. The van der Waals surface area contributed by atoms with Crippen LogP contribution in [0.15, 0.2) is 18.2 Å². The van der Waals surface area contributed by atoms with Crippen molar-refractivity contribution in [2.45, 2.75) is 20.0 Å². The normalized spacial score (nSPS) is 18.6. The van der Waals surface area contributed by atoms with Crippen molar-refractivity contribution in [3.05, 3.63) is 24.0 Å². The lowest BCUT2D eigenvalue weighted by molar-refractivity contribution is -0.126. The van der Waals surface area contributed by atoms with Crippen LogP contribution in [0.1, 0.15) is 13.8 Å². The Morgan fingerprint density at radius 3 is 2.56 bits per heavy atom. The Balaban J connectivity index is 1.59. The standard InChI is InChI=1S/C20H27FN4O6S/c1-3-25(20(28)32)30-13-15-12-24(19(27)31-15)14-5-6-17(16(21)11-14)22-7-9-23(10-8-22)18(26)29-4-2/h5-6,11,15H,3-4,7-10,12-13H2,1-2H3,(H,28,32)/t15-/m0/s1. The Bertz CT molecular complexity index is 851. The third-order valence-electron chi connectivity index (χ3n) is 5.18. The molecule has 2 aliphatic heterocycles. The van der Waals surface area contributed by atoms with E-state index in [2.05, 4.69) is 12.6 Å². The summed E-state index contributed by atoms with van der Waals surface area (Å²) in [5.41, 5.74) is 0.761. The molecule has 32 heavy (non-hydrogen) atoms. The number of hydrogen-bond acceptors (Lipinski definition) is 7. The first kappa shape index (κ1) is 23.9. The Labute approximate surface area is 191 Å². The van der Waals surface area contributed by atoms with Gasteiger partial charge < -0.3 is 19.3 Å². The summed E-state index contributed by atoms with van der Waals surface area (Å²) in [6, 6.07) is 4.55. The van der Waals surface area contributed by atoms with Gasteiger partial charge in [-0.15, -0.1) is 0 Å². The van der Waals surface area contributed by atoms with Crippen molar-refractivity contribution in [2.75, 3.05) is 62.3 Å². The molecule has 2 fully saturated rings. The number of benzene rings is 1. The maximum Gasteiger partial charge on any atom is 0.414 e. The van der Waals surface area contributed by atoms with E-state index in [-0.39, 0.29) is 19.2 Å². The van der Waals surface area contributed by atoms with E-state index in [1.54, 1.807) is 30.9 Å². The first-order valence-corrected chi connectivity index (χ1v) is 10.9. The van der Waals surface area contributed by atoms with Crippen molar-refractivity contribution in [2.24, 2.45) is 0 Å². The molecule has 0 bridgehead atoms. The smallest absolute Gasteiger partial charge is 0.414 e. The van der Waals surface area contributed by atoms with Crippen molar-refractivity contribution in [1.82, 2.24) is 9.96 Å². The Morgan fingerprint density at radius 2 is 1.97 bits per heavy atom. The molecule has 3 rings (SSSR count). The van der Waals surface area contributed by atoms with Crippen molar-refractivity contribution >= 4 is 41.4 Å². The molecule has 0 saturated carbocycles. The van der Waals surface area contributed by atoms with Crippen LogP contribution in [-0.4, -0.2) is 86.0 Å². The summed E-state index contributed by atoms with van der Waals surface area (Å²) in [6.45, 7) is 6.03. The second-order valence-corrected chi connectivity index (χ2v) is 7.58. The summed E-state index contributed by atoms with van der Waals surface area (Å²) in [4.78, 5) is 45.4. The molecule has 0 aromatic heterocycles. The minimum absolute atomic E-state index is 0.0201. The topological polar surface area (TPSA) is 91.9 Å². The van der Waals surface area contributed by atoms with Gasteiger partial charge in [0.05, 0.1) is 24.5 Å². The van der Waals surface area contributed by atoms with Gasteiger partial charge in [0, 0.05) is 32.7 Å². The van der Waals surface area contributed by atoms with Gasteiger partial charge >= 0.3 is 17.4 Å². The molecule has 2 saturated heterocycles. The molecular weight excluding hydrogens is 443 g/mol. The third-order valence-corrected chi connectivity index (χ3v) is 5.40. The van der Waals surface area contributed by atoms with E-state index in [1.165, 1.54) is 11.0 Å². The number of hydroxylamine groups is 2. The molecule has 1 aromatic rings. The second kappa shape index (κ2) is 10.7. The highest BCUT2D eigenvalue weighted by atomic mass is 32.1. The van der Waals surface area contributed by atoms with Gasteiger partial charge in [0.1, 0.15) is 18.5 Å². The van der Waals surface area contributed by atoms with Crippen LogP contribution in [0.25, 0.3) is 0 Å². The minimum Gasteiger partial charge on any atom is -0.450 e. The number of amides is 3. The fraction of sp³-hybridized carbons (Fsp3) is 0.550. The number of piperazine rings is 1. The number of cyclic esters (lactones) is 1. The summed E-state index contributed by atoms with van der Waals surface area (Å²) in [5.74, 6) is -0.475. The lowest BCUT2D eigenvalue weighted by Crippen LogP contribution is -2.49. The number of halogens is 1. The summed E-state index contributed by atoms with van der Waals surface area (Å²) in [6.07, 6.45) is -1.59. The predicted molar refractivity (Wildman–Crippen MR) is 118 cm³/mol. The summed E-state index contributed by atoms with van der Waals surface area (Å²) in [7, 11) is 0. The number of ether oxygens (including phenoxy) is 2. The quantitative estimate of drug-likeness (QED) is 0.484. The number of nitrogens with zero attached hydrogens (tertiary/aromatic N) is 4. The van der Waals surface area contributed by atoms with Gasteiger partial charge in [-0.05, 0) is 32.0 Å². The van der Waals surface area contributed by atoms with Crippen molar-refractivity contribution in [1.29, 1.82) is 0 Å². The average molecular weight is 471 g/mol. The van der Waals surface area contributed by atoms with Crippen LogP contribution in [0.3, 0.4) is 0 Å². The van der Waals surface area contributed by atoms with Gasteiger partial charge in [0.2, 0.25) is 0 Å². The highest BCUT2D eigenvalue weighted by molar-refractivity contribution is 7.96. The lowest BCUT2D eigenvalue weighted by atomic mass is 10.2. The van der Waals surface area contributed by atoms with Gasteiger partial charge in [-0.2, -0.15) is 0 Å². The van der Waals surface area contributed by atoms with Crippen LogP contribution >= 0.6 is 12.6 Å². The molecule has 1 atom stereocenters. The van der Waals surface area contributed by atoms with Crippen molar-refractivity contribution in [3.63, 3.8) is 0 Å². The van der Waals surface area contributed by atoms with Crippen LogP contribution < -0.4 is 9.80 Å². The molecule has 2 heterocycles. The van der Waals surface area contributed by atoms with Gasteiger partial charge in [0.15, 0.2) is 0 Å². The van der Waals surface area contributed by atoms with Crippen LogP contribution in [-0.2, 0) is 14.3 Å². The number of rotatable bonds is 7. The van der Waals surface area contributed by atoms with Crippen molar-refractivity contribution in [3.8, 4) is 0 Å². The Hall–Kier alpha value is -2.73. The monoisotopic (exact) mass is 470 g/mol. The number of carbonyl (C=O) groups is 3. The average Bonchev–Trinajstić information content (AvgIpc) is 3.14. The van der Waals surface area contributed by atoms with E-state index in [4.69, 9.17) is 14.3 Å². The second-order valence-electron chi connectivity index (χ2n) is 7.20. The SMILES string of the molecule is CCOC(=O)N1CCN(c2ccc(N3C[C@@H](CON(CC)C(=O)S)OC3=O)cc2F)CC1. The highest BCUT2D eigenvalue weighted by Gasteiger charge is 2.34. The van der Waals surface area contributed by atoms with Gasteiger partial charge in [-0.25, -0.2) is 19.0 Å². The number of hydrogen-bond donors (Lipinski definition) is 1. The zero-order valence-electron chi connectivity index (χ0n) is 18.0. The lowest BCUT2D eigenvalue weighted by Gasteiger charge is -2.35. The van der Waals surface area contributed by atoms with Crippen LogP contribution in [0.5, 0.6) is 0 Å². The van der Waals surface area contributed by atoms with E-state index < -0.39 is 23.3 Å². The Kier molecular flexibility index (Phi) is 8.02. The largest absolute Gasteiger partial charge is 0.450 e. The predicted octanol–water partition coefficient (Wildman–Crippen LogP) is 2.73. The minimum atomic E-state index is -0.617. The van der Waals surface area contributed by atoms with E-state index in [0.29, 0.717) is 50.7 Å². The van der Waals surface area contributed by atoms with Crippen molar-refractivity contribution < 1.29 is 33.1 Å². The van der Waals surface area contributed by atoms with E-state index in [9.17, 15) is 18.8 Å². The zero-order valence-corrected chi connectivity index (χ0v) is 18.9. The third kappa shape index (κ3) is 5.54. The highest BCUT2D eigenvalue weighted by Crippen LogP contribution is 2.28. The van der Waals surface area contributed by atoms with Gasteiger partial charge in [-0.3, -0.25) is 14.5 Å². The van der Waals surface area contributed by atoms with E-state index in [0.717, 1.165) is 5.06 Å². The molecule has 0 aliphatic carbocycles. The number of carbonyl (C=O) groups excluding carboxylic acids is 3. The maximum atomic E-state index is 14.9. The number of anilines is 2. The number of thiol groups is 1. The molecule has 1 aromatic carbocycles. The molecule has 0 spiro atoms. The summed E-state index contributed by atoms with van der Waals surface area (Å²) < 4.78 is 25.1. The van der Waals surface area contributed by atoms with Crippen LogP contribution in [0.4, 0.5) is 30.1 Å². The molecule has 2 aliphatic rings. The summed E-state index contributed by atoms with van der Waals surface area (Å²) >= 11 is 3.70. The molecule has 12 heteroatoms. The van der Waals surface area contributed by atoms with Gasteiger partial charge in [-0.1, -0.05) is 12.6 Å².